The van der Waals surface area contributed by atoms with Crippen LogP contribution >= 0.6 is 54.5 Å². The molecule has 11 heteroatoms. The first-order chi connectivity index (χ1) is 10.0. The fraction of sp³-hybridized carbons (Fsp3) is 0. The molecule has 0 atom stereocenters. The normalized spacial score (nSPS) is 10.3. The molecule has 0 saturated heterocycles. The van der Waals surface area contributed by atoms with Gasteiger partial charge in [0.25, 0.3) is 0 Å². The Labute approximate surface area is 198 Å². The SMILES string of the molecule is Brc1cn2cncc2s1.O=C([O-])c1ncn2cc(Br)sc12.[Rb+]. The maximum atomic E-state index is 10.5. The van der Waals surface area contributed by atoms with Crippen LogP contribution in [0.5, 0.6) is 0 Å². The Balaban J connectivity index is 0.000000159. The summed E-state index contributed by atoms with van der Waals surface area (Å²) >= 11 is 9.60. The van der Waals surface area contributed by atoms with Crippen molar-refractivity contribution in [3.8, 4) is 0 Å². The molecule has 0 aliphatic carbocycles. The second-order valence-corrected chi connectivity index (χ2v) is 8.65. The van der Waals surface area contributed by atoms with Gasteiger partial charge in [-0.05, 0) is 31.9 Å². The predicted octanol–water partition coefficient (Wildman–Crippen LogP) is -0.316. The van der Waals surface area contributed by atoms with E-state index in [4.69, 9.17) is 0 Å². The zero-order valence-electron chi connectivity index (χ0n) is 11.1. The van der Waals surface area contributed by atoms with Crippen molar-refractivity contribution in [2.75, 3.05) is 0 Å². The number of carbonyl (C=O) groups is 1. The van der Waals surface area contributed by atoms with Gasteiger partial charge in [0.2, 0.25) is 0 Å². The van der Waals surface area contributed by atoms with Gasteiger partial charge in [0.05, 0.1) is 26.1 Å². The average Bonchev–Trinajstić information content (AvgIpc) is 3.08. The summed E-state index contributed by atoms with van der Waals surface area (Å²) in [5.41, 5.74) is -0.00861. The van der Waals surface area contributed by atoms with E-state index < -0.39 is 5.97 Å². The molecule has 4 aromatic rings. The van der Waals surface area contributed by atoms with E-state index >= 15 is 0 Å². The van der Waals surface area contributed by atoms with E-state index in [1.165, 1.54) is 22.5 Å². The molecule has 4 aromatic heterocycles. The van der Waals surface area contributed by atoms with E-state index in [1.54, 1.807) is 28.3 Å². The Bertz CT molecular complexity index is 901. The van der Waals surface area contributed by atoms with Crippen molar-refractivity contribution in [2.45, 2.75) is 0 Å². The molecule has 0 N–H and O–H groups in total. The molecule has 0 aromatic carbocycles. The van der Waals surface area contributed by atoms with E-state index in [0.29, 0.717) is 4.83 Å². The van der Waals surface area contributed by atoms with Crippen LogP contribution in [0.1, 0.15) is 10.5 Å². The maximum Gasteiger partial charge on any atom is 1.00 e. The summed E-state index contributed by atoms with van der Waals surface area (Å²) in [5, 5.41) is 10.5. The minimum absolute atomic E-state index is 0. The van der Waals surface area contributed by atoms with Gasteiger partial charge in [0, 0.05) is 12.4 Å². The number of hydrogen-bond donors (Lipinski definition) is 0. The topological polar surface area (TPSA) is 74.7 Å². The van der Waals surface area contributed by atoms with Crippen molar-refractivity contribution in [1.29, 1.82) is 0 Å². The van der Waals surface area contributed by atoms with Gasteiger partial charge in [-0.1, -0.05) is 0 Å². The zero-order valence-corrected chi connectivity index (χ0v) is 20.8. The van der Waals surface area contributed by atoms with E-state index in [9.17, 15) is 9.90 Å². The summed E-state index contributed by atoms with van der Waals surface area (Å²) in [6, 6.07) is 0. The third-order valence-corrected chi connectivity index (χ3v) is 5.55. The van der Waals surface area contributed by atoms with Gasteiger partial charge in [0.15, 0.2) is 0 Å². The van der Waals surface area contributed by atoms with Crippen molar-refractivity contribution in [3.05, 3.63) is 44.5 Å². The summed E-state index contributed by atoms with van der Waals surface area (Å²) in [6.07, 6.45) is 8.82. The molecular weight excluding hydrogens is 530 g/mol. The number of halogens is 2. The van der Waals surface area contributed by atoms with Gasteiger partial charge in [0.1, 0.15) is 21.7 Å². The van der Waals surface area contributed by atoms with Crippen LogP contribution in [0.3, 0.4) is 0 Å². The summed E-state index contributed by atoms with van der Waals surface area (Å²) in [6.45, 7) is 0. The Hall–Kier alpha value is 0.575. The first-order valence-corrected chi connectivity index (χ1v) is 8.67. The molecule has 0 spiro atoms. The van der Waals surface area contributed by atoms with Gasteiger partial charge in [-0.3, -0.25) is 8.80 Å². The number of carboxylic acid groups (broad SMARTS) is 1. The van der Waals surface area contributed by atoms with E-state index in [1.807, 2.05) is 16.8 Å². The summed E-state index contributed by atoms with van der Waals surface area (Å²) < 4.78 is 5.62. The number of thiazole rings is 2. The molecule has 0 aliphatic heterocycles. The third-order valence-electron chi connectivity index (χ3n) is 2.45. The number of hydrogen-bond acceptors (Lipinski definition) is 6. The number of fused-ring (bicyclic) bond motifs is 2. The molecule has 0 radical (unpaired) electrons. The number of aromatic carboxylic acids is 1. The number of imidazole rings is 2. The van der Waals surface area contributed by atoms with E-state index in [-0.39, 0.29) is 63.9 Å². The Morgan fingerprint density at radius 1 is 1.14 bits per heavy atom. The molecule has 0 amide bonds. The van der Waals surface area contributed by atoms with Gasteiger partial charge >= 0.3 is 58.2 Å². The predicted molar refractivity (Wildman–Crippen MR) is 85.9 cm³/mol. The van der Waals surface area contributed by atoms with Crippen LogP contribution in [0, 0.1) is 0 Å². The molecular formula is C11H5Br2N4O2RbS2. The molecule has 0 unspecified atom stereocenters. The molecule has 0 aliphatic rings. The minimum atomic E-state index is -1.24. The van der Waals surface area contributed by atoms with Crippen molar-refractivity contribution in [1.82, 2.24) is 18.8 Å². The second-order valence-electron chi connectivity index (χ2n) is 3.80. The zero-order chi connectivity index (χ0) is 15.0. The first kappa shape index (κ1) is 18.9. The van der Waals surface area contributed by atoms with Gasteiger partial charge in [-0.15, -0.1) is 22.7 Å². The van der Waals surface area contributed by atoms with Crippen molar-refractivity contribution in [3.63, 3.8) is 0 Å². The van der Waals surface area contributed by atoms with E-state index in [2.05, 4.69) is 41.8 Å². The molecule has 0 bridgehead atoms. The van der Waals surface area contributed by atoms with Crippen molar-refractivity contribution in [2.24, 2.45) is 0 Å². The maximum absolute atomic E-state index is 10.5. The number of carboxylic acids is 1. The first-order valence-electron chi connectivity index (χ1n) is 5.45. The monoisotopic (exact) mass is 532 g/mol. The van der Waals surface area contributed by atoms with Gasteiger partial charge < -0.3 is 9.90 Å². The summed E-state index contributed by atoms with van der Waals surface area (Å²) in [4.78, 5) is 19.9. The number of nitrogens with zero attached hydrogens (tertiary/aromatic N) is 4. The van der Waals surface area contributed by atoms with Crippen LogP contribution in [0.15, 0.2) is 38.8 Å². The van der Waals surface area contributed by atoms with Crippen molar-refractivity contribution >= 4 is 70.2 Å². The fourth-order valence-corrected chi connectivity index (χ4v) is 4.49. The van der Waals surface area contributed by atoms with Crippen LogP contribution < -0.4 is 63.3 Å². The molecule has 4 rings (SSSR count). The number of rotatable bonds is 1. The quantitative estimate of drug-likeness (QED) is 0.336. The van der Waals surface area contributed by atoms with Crippen molar-refractivity contribution < 1.29 is 68.1 Å². The molecule has 0 saturated carbocycles. The molecule has 6 nitrogen and oxygen atoms in total. The van der Waals surface area contributed by atoms with Crippen LogP contribution in [-0.4, -0.2) is 24.7 Å². The Kier molecular flexibility index (Phi) is 6.96. The van der Waals surface area contributed by atoms with Gasteiger partial charge in [-0.25, -0.2) is 9.97 Å². The average molecular weight is 535 g/mol. The molecule has 22 heavy (non-hydrogen) atoms. The Morgan fingerprint density at radius 3 is 2.50 bits per heavy atom. The van der Waals surface area contributed by atoms with Crippen LogP contribution in [0.4, 0.5) is 0 Å². The van der Waals surface area contributed by atoms with Gasteiger partial charge in [-0.2, -0.15) is 0 Å². The van der Waals surface area contributed by atoms with E-state index in [0.717, 1.165) is 7.57 Å². The van der Waals surface area contributed by atoms with Crippen LogP contribution in [0.2, 0.25) is 0 Å². The summed E-state index contributed by atoms with van der Waals surface area (Å²) in [5.74, 6) is -1.24. The summed E-state index contributed by atoms with van der Waals surface area (Å²) in [7, 11) is 0. The smallest absolute Gasteiger partial charge is 0.543 e. The molecule has 0 fully saturated rings. The minimum Gasteiger partial charge on any atom is -0.543 e. The fourth-order valence-electron chi connectivity index (χ4n) is 1.62. The number of carbonyl (C=O) groups excluding carboxylic acids is 1. The molecule has 108 valence electrons. The van der Waals surface area contributed by atoms with Crippen LogP contribution in [0.25, 0.3) is 9.66 Å². The Morgan fingerprint density at radius 2 is 1.82 bits per heavy atom. The second kappa shape index (κ2) is 8.10. The largest absolute Gasteiger partial charge is 1.00 e. The van der Waals surface area contributed by atoms with Crippen LogP contribution in [-0.2, 0) is 0 Å². The standard InChI is InChI=1S/C6H3BrN2O2S.C5H3BrN2S.Rb/c7-3-1-9-2-8-4(6(10)11)5(9)12-3;6-4-2-8-3-7-1-5(8)9-4;/h1-2H,(H,10,11);1-3H;/q;;+1/p-1. The number of aromatic nitrogens is 4. The third kappa shape index (κ3) is 4.15. The molecule has 4 heterocycles.